The van der Waals surface area contributed by atoms with Crippen LogP contribution in [0.4, 0.5) is 4.39 Å². The molecule has 3 saturated heterocycles. The number of benzene rings is 2. The van der Waals surface area contributed by atoms with Crippen LogP contribution in [0.25, 0.3) is 0 Å². The lowest BCUT2D eigenvalue weighted by molar-refractivity contribution is -0.0831. The summed E-state index contributed by atoms with van der Waals surface area (Å²) in [6.45, 7) is 4.54. The normalized spacial score (nSPS) is 29.2. The van der Waals surface area contributed by atoms with Gasteiger partial charge in [-0.1, -0.05) is 49.2 Å². The van der Waals surface area contributed by atoms with Crippen molar-refractivity contribution in [2.45, 2.75) is 37.8 Å². The monoisotopic (exact) mass is 442 g/mol. The van der Waals surface area contributed by atoms with Gasteiger partial charge in [-0.05, 0) is 74.1 Å². The van der Waals surface area contributed by atoms with Gasteiger partial charge in [0.05, 0.1) is 12.1 Å². The number of hydrogen-bond acceptors (Lipinski definition) is 6. The maximum atomic E-state index is 13.6. The minimum absolute atomic E-state index is 0.0290. The van der Waals surface area contributed by atoms with E-state index in [9.17, 15) is 9.50 Å². The second-order valence-corrected chi connectivity index (χ2v) is 9.57. The van der Waals surface area contributed by atoms with Crippen molar-refractivity contribution in [2.75, 3.05) is 32.7 Å². The third kappa shape index (κ3) is 4.15. The van der Waals surface area contributed by atoms with E-state index in [1.54, 1.807) is 4.52 Å². The molecule has 2 bridgehead atoms. The summed E-state index contributed by atoms with van der Waals surface area (Å²) in [5.74, 6) is -0.235. The standard InChI is InChI=1S/C24H31FN4OS/c25-20-7-5-19(6-8-20)23-21-4-2-1-3-18(21)9-13-28(23)29(31)26-17-22(30)24-10-14-27(15-11-24)16-12-24/h1-8,22-23,26,30-31H,9-17H2/t22?,23-/m0/s1. The summed E-state index contributed by atoms with van der Waals surface area (Å²) in [4.78, 5) is 2.49. The number of hydrazine groups is 2. The number of fused-ring (bicyclic) bond motifs is 4. The molecule has 7 heteroatoms. The van der Waals surface area contributed by atoms with Crippen molar-refractivity contribution < 1.29 is 9.50 Å². The molecular formula is C24H31FN4OS. The minimum Gasteiger partial charge on any atom is -0.391 e. The Morgan fingerprint density at radius 1 is 1.06 bits per heavy atom. The number of rotatable bonds is 6. The number of hydrogen-bond donors (Lipinski definition) is 3. The van der Waals surface area contributed by atoms with E-state index >= 15 is 0 Å². The number of aliphatic hydroxyl groups excluding tert-OH is 1. The van der Waals surface area contributed by atoms with Crippen LogP contribution in [-0.2, 0) is 6.42 Å². The van der Waals surface area contributed by atoms with E-state index in [-0.39, 0.29) is 17.3 Å². The molecule has 2 N–H and O–H groups in total. The van der Waals surface area contributed by atoms with Gasteiger partial charge >= 0.3 is 0 Å². The van der Waals surface area contributed by atoms with Crippen LogP contribution in [-0.4, -0.2) is 58.4 Å². The molecule has 0 spiro atoms. The fourth-order valence-electron chi connectivity index (χ4n) is 5.58. The van der Waals surface area contributed by atoms with Crippen LogP contribution in [0.2, 0.25) is 0 Å². The smallest absolute Gasteiger partial charge is 0.123 e. The van der Waals surface area contributed by atoms with Crippen LogP contribution >= 0.6 is 12.8 Å². The molecule has 6 rings (SSSR count). The summed E-state index contributed by atoms with van der Waals surface area (Å²) < 4.78 is 15.3. The van der Waals surface area contributed by atoms with Gasteiger partial charge in [0.1, 0.15) is 5.82 Å². The van der Waals surface area contributed by atoms with Gasteiger partial charge in [0.25, 0.3) is 0 Å². The van der Waals surface area contributed by atoms with E-state index in [0.29, 0.717) is 6.54 Å². The summed E-state index contributed by atoms with van der Waals surface area (Å²) >= 11 is 4.75. The summed E-state index contributed by atoms with van der Waals surface area (Å²) in [6, 6.07) is 15.1. The van der Waals surface area contributed by atoms with Crippen LogP contribution in [0.1, 0.15) is 42.0 Å². The van der Waals surface area contributed by atoms with Crippen LogP contribution in [0.5, 0.6) is 0 Å². The number of nitrogens with one attached hydrogen (secondary N) is 1. The van der Waals surface area contributed by atoms with Crippen molar-refractivity contribution in [3.63, 3.8) is 0 Å². The Morgan fingerprint density at radius 2 is 1.74 bits per heavy atom. The maximum Gasteiger partial charge on any atom is 0.123 e. The zero-order valence-electron chi connectivity index (χ0n) is 17.8. The second kappa shape index (κ2) is 8.81. The van der Waals surface area contributed by atoms with Crippen LogP contribution in [0.3, 0.4) is 0 Å². The number of aliphatic hydroxyl groups is 1. The third-order valence-corrected chi connectivity index (χ3v) is 7.97. The van der Waals surface area contributed by atoms with E-state index in [4.69, 9.17) is 12.8 Å². The molecule has 0 aliphatic carbocycles. The van der Waals surface area contributed by atoms with E-state index in [0.717, 1.165) is 57.4 Å². The van der Waals surface area contributed by atoms with E-state index in [2.05, 4.69) is 33.5 Å². The van der Waals surface area contributed by atoms with E-state index < -0.39 is 6.10 Å². The van der Waals surface area contributed by atoms with Crippen molar-refractivity contribution in [1.29, 1.82) is 0 Å². The highest BCUT2D eigenvalue weighted by Gasteiger charge is 2.44. The number of nitrogens with zero attached hydrogens (tertiary/aromatic N) is 3. The average molecular weight is 443 g/mol. The Balaban J connectivity index is 1.33. The van der Waals surface area contributed by atoms with Gasteiger partial charge in [-0.15, -0.1) is 4.52 Å². The molecule has 4 aliphatic heterocycles. The topological polar surface area (TPSA) is 42.0 Å². The highest BCUT2D eigenvalue weighted by molar-refractivity contribution is 7.77. The molecular weight excluding hydrogens is 411 g/mol. The Kier molecular flexibility index (Phi) is 6.07. The van der Waals surface area contributed by atoms with Gasteiger partial charge in [0.2, 0.25) is 0 Å². The first-order valence-electron chi connectivity index (χ1n) is 11.3. The molecule has 166 valence electrons. The van der Waals surface area contributed by atoms with Crippen LogP contribution in [0, 0.1) is 11.2 Å². The molecule has 2 aromatic rings. The van der Waals surface area contributed by atoms with E-state index in [1.165, 1.54) is 23.3 Å². The Hall–Kier alpha value is -1.48. The summed E-state index contributed by atoms with van der Waals surface area (Å²) in [6.07, 6.45) is 3.72. The molecule has 5 nitrogen and oxygen atoms in total. The molecule has 0 radical (unpaired) electrons. The van der Waals surface area contributed by atoms with Gasteiger partial charge in [0, 0.05) is 18.5 Å². The summed E-state index contributed by atoms with van der Waals surface area (Å²) in [7, 11) is 0. The fourth-order valence-corrected chi connectivity index (χ4v) is 5.86. The molecule has 4 aliphatic rings. The zero-order chi connectivity index (χ0) is 21.4. The van der Waals surface area contributed by atoms with Crippen molar-refractivity contribution in [1.82, 2.24) is 19.9 Å². The number of piperidine rings is 3. The van der Waals surface area contributed by atoms with Crippen molar-refractivity contribution >= 4 is 12.8 Å². The third-order valence-electron chi connectivity index (χ3n) is 7.60. The highest BCUT2D eigenvalue weighted by Crippen LogP contribution is 2.43. The Morgan fingerprint density at radius 3 is 2.45 bits per heavy atom. The first-order chi connectivity index (χ1) is 15.1. The predicted octanol–water partition coefficient (Wildman–Crippen LogP) is 3.19. The molecule has 3 fully saturated rings. The second-order valence-electron chi connectivity index (χ2n) is 9.19. The largest absolute Gasteiger partial charge is 0.391 e. The molecule has 31 heavy (non-hydrogen) atoms. The Labute approximate surface area is 189 Å². The number of thiol groups is 1. The Bertz CT molecular complexity index is 889. The molecule has 1 unspecified atom stereocenters. The predicted molar refractivity (Wildman–Crippen MR) is 123 cm³/mol. The van der Waals surface area contributed by atoms with Crippen molar-refractivity contribution in [2.24, 2.45) is 5.41 Å². The maximum absolute atomic E-state index is 13.6. The molecule has 2 atom stereocenters. The molecule has 0 aromatic heterocycles. The van der Waals surface area contributed by atoms with E-state index in [1.807, 2.05) is 18.2 Å². The average Bonchev–Trinajstić information content (AvgIpc) is 2.83. The van der Waals surface area contributed by atoms with Gasteiger partial charge in [-0.2, -0.15) is 0 Å². The first kappa shape index (κ1) is 21.4. The molecule has 0 amide bonds. The van der Waals surface area contributed by atoms with Gasteiger partial charge < -0.3 is 10.0 Å². The fraction of sp³-hybridized carbons (Fsp3) is 0.500. The lowest BCUT2D eigenvalue weighted by Crippen LogP contribution is -2.57. The van der Waals surface area contributed by atoms with Gasteiger partial charge in [0.15, 0.2) is 0 Å². The van der Waals surface area contributed by atoms with Gasteiger partial charge in [-0.25, -0.2) is 14.8 Å². The zero-order valence-corrected chi connectivity index (χ0v) is 18.6. The highest BCUT2D eigenvalue weighted by atomic mass is 32.1. The van der Waals surface area contributed by atoms with Gasteiger partial charge in [-0.3, -0.25) is 0 Å². The van der Waals surface area contributed by atoms with Crippen LogP contribution < -0.4 is 5.43 Å². The lowest BCUT2D eigenvalue weighted by Gasteiger charge is -2.51. The minimum atomic E-state index is -0.397. The molecule has 4 heterocycles. The lowest BCUT2D eigenvalue weighted by atomic mass is 9.68. The quantitative estimate of drug-likeness (QED) is 0.474. The SMILES string of the molecule is OC(CNN(S)N1CCc2ccccc2[C@@H]1c1ccc(F)cc1)C12CCN(CC1)CC2. The van der Waals surface area contributed by atoms with Crippen LogP contribution in [0.15, 0.2) is 48.5 Å². The summed E-state index contributed by atoms with van der Waals surface area (Å²) in [5.41, 5.74) is 6.92. The number of halogens is 1. The molecule has 0 saturated carbocycles. The van der Waals surface area contributed by atoms with Crippen molar-refractivity contribution in [3.8, 4) is 0 Å². The van der Waals surface area contributed by atoms with Crippen molar-refractivity contribution in [3.05, 3.63) is 71.0 Å². The molecule has 2 aromatic carbocycles. The summed E-state index contributed by atoms with van der Waals surface area (Å²) in [5, 5.41) is 13.2. The first-order valence-corrected chi connectivity index (χ1v) is 11.7.